The van der Waals surface area contributed by atoms with E-state index in [1.165, 1.54) is 5.56 Å². The Labute approximate surface area is 158 Å². The number of hydrogen-bond donors (Lipinski definition) is 1. The SMILES string of the molecule is COc1cc(NC(=O)c2cnc(-c3ccc(C)cc3)nc2C)cc(OC)c1. The molecule has 0 saturated carbocycles. The van der Waals surface area contributed by atoms with Gasteiger partial charge in [0.05, 0.1) is 25.5 Å². The third kappa shape index (κ3) is 4.23. The van der Waals surface area contributed by atoms with Gasteiger partial charge in [0.25, 0.3) is 5.91 Å². The lowest BCUT2D eigenvalue weighted by atomic mass is 10.1. The predicted octanol–water partition coefficient (Wildman–Crippen LogP) is 4.03. The van der Waals surface area contributed by atoms with Crippen LogP contribution in [0.4, 0.5) is 5.69 Å². The zero-order valence-corrected chi connectivity index (χ0v) is 15.7. The van der Waals surface area contributed by atoms with Crippen molar-refractivity contribution >= 4 is 11.6 Å². The van der Waals surface area contributed by atoms with Crippen molar-refractivity contribution in [2.45, 2.75) is 13.8 Å². The van der Waals surface area contributed by atoms with Gasteiger partial charge in [-0.3, -0.25) is 4.79 Å². The Hall–Kier alpha value is -3.41. The summed E-state index contributed by atoms with van der Waals surface area (Å²) in [5.41, 5.74) is 3.66. The third-order valence-corrected chi connectivity index (χ3v) is 4.14. The zero-order valence-electron chi connectivity index (χ0n) is 15.7. The lowest BCUT2D eigenvalue weighted by Gasteiger charge is -2.11. The molecule has 3 rings (SSSR count). The fourth-order valence-corrected chi connectivity index (χ4v) is 2.61. The molecule has 1 N–H and O–H groups in total. The molecule has 0 unspecified atom stereocenters. The van der Waals surface area contributed by atoms with Crippen molar-refractivity contribution in [2.24, 2.45) is 0 Å². The quantitative estimate of drug-likeness (QED) is 0.741. The van der Waals surface area contributed by atoms with Gasteiger partial charge in [-0.15, -0.1) is 0 Å². The van der Waals surface area contributed by atoms with E-state index in [2.05, 4.69) is 15.3 Å². The molecule has 138 valence electrons. The minimum atomic E-state index is -0.293. The van der Waals surface area contributed by atoms with E-state index in [-0.39, 0.29) is 5.91 Å². The Bertz CT molecular complexity index is 947. The van der Waals surface area contributed by atoms with Crippen LogP contribution in [0.25, 0.3) is 11.4 Å². The van der Waals surface area contributed by atoms with E-state index in [1.54, 1.807) is 45.5 Å². The number of methoxy groups -OCH3 is 2. The summed E-state index contributed by atoms with van der Waals surface area (Å²) in [6, 6.07) is 13.1. The Morgan fingerprint density at radius 1 is 0.963 bits per heavy atom. The van der Waals surface area contributed by atoms with Gasteiger partial charge in [-0.25, -0.2) is 9.97 Å². The van der Waals surface area contributed by atoms with E-state index in [0.717, 1.165) is 5.56 Å². The summed E-state index contributed by atoms with van der Waals surface area (Å²) < 4.78 is 10.5. The summed E-state index contributed by atoms with van der Waals surface area (Å²) in [5, 5.41) is 2.84. The average Bonchev–Trinajstić information content (AvgIpc) is 2.68. The number of amides is 1. The van der Waals surface area contributed by atoms with Crippen molar-refractivity contribution in [1.29, 1.82) is 0 Å². The maximum absolute atomic E-state index is 12.7. The van der Waals surface area contributed by atoms with E-state index >= 15 is 0 Å². The highest BCUT2D eigenvalue weighted by atomic mass is 16.5. The highest BCUT2D eigenvalue weighted by Crippen LogP contribution is 2.26. The molecule has 0 radical (unpaired) electrons. The summed E-state index contributed by atoms with van der Waals surface area (Å²) in [6.45, 7) is 3.82. The fraction of sp³-hybridized carbons (Fsp3) is 0.190. The number of hydrogen-bond acceptors (Lipinski definition) is 5. The third-order valence-electron chi connectivity index (χ3n) is 4.14. The summed E-state index contributed by atoms with van der Waals surface area (Å²) in [4.78, 5) is 21.5. The van der Waals surface area contributed by atoms with Crippen molar-refractivity contribution in [2.75, 3.05) is 19.5 Å². The Balaban J connectivity index is 1.84. The van der Waals surface area contributed by atoms with Gasteiger partial charge in [-0.2, -0.15) is 0 Å². The standard InChI is InChI=1S/C21H21N3O3/c1-13-5-7-15(8-6-13)20-22-12-19(14(2)23-20)21(25)24-16-9-17(26-3)11-18(10-16)27-4/h5-12H,1-4H3,(H,24,25). The van der Waals surface area contributed by atoms with Crippen molar-refractivity contribution in [3.8, 4) is 22.9 Å². The van der Waals surface area contributed by atoms with Crippen molar-refractivity contribution in [1.82, 2.24) is 9.97 Å². The topological polar surface area (TPSA) is 73.3 Å². The first-order chi connectivity index (χ1) is 13.0. The van der Waals surface area contributed by atoms with Crippen molar-refractivity contribution in [3.63, 3.8) is 0 Å². The molecule has 3 aromatic rings. The molecule has 2 aromatic carbocycles. The van der Waals surface area contributed by atoms with Crippen LogP contribution in [0.1, 0.15) is 21.6 Å². The molecule has 0 fully saturated rings. The highest BCUT2D eigenvalue weighted by molar-refractivity contribution is 6.05. The van der Waals surface area contributed by atoms with Gasteiger partial charge in [0.1, 0.15) is 11.5 Å². The molecular weight excluding hydrogens is 342 g/mol. The van der Waals surface area contributed by atoms with Crippen molar-refractivity contribution in [3.05, 3.63) is 65.5 Å². The van der Waals surface area contributed by atoms with E-state index in [4.69, 9.17) is 9.47 Å². The molecule has 0 aliphatic carbocycles. The number of carbonyl (C=O) groups excluding carboxylic acids is 1. The molecule has 6 nitrogen and oxygen atoms in total. The van der Waals surface area contributed by atoms with E-state index in [9.17, 15) is 4.79 Å². The summed E-state index contributed by atoms with van der Waals surface area (Å²) in [5.74, 6) is 1.48. The lowest BCUT2D eigenvalue weighted by Crippen LogP contribution is -2.15. The molecule has 0 aliphatic rings. The first kappa shape index (κ1) is 18.4. The number of aromatic nitrogens is 2. The maximum Gasteiger partial charge on any atom is 0.259 e. The van der Waals surface area contributed by atoms with Gasteiger partial charge in [-0.05, 0) is 13.8 Å². The molecule has 0 atom stereocenters. The van der Waals surface area contributed by atoms with Gasteiger partial charge in [0, 0.05) is 35.6 Å². The largest absolute Gasteiger partial charge is 0.497 e. The molecule has 0 spiro atoms. The number of nitrogens with zero attached hydrogens (tertiary/aromatic N) is 2. The minimum absolute atomic E-state index is 0.293. The first-order valence-electron chi connectivity index (χ1n) is 8.45. The van der Waals surface area contributed by atoms with Crippen LogP contribution in [-0.2, 0) is 0 Å². The van der Waals surface area contributed by atoms with E-state index in [1.807, 2.05) is 31.2 Å². The van der Waals surface area contributed by atoms with Crippen LogP contribution < -0.4 is 14.8 Å². The Morgan fingerprint density at radius 2 is 1.59 bits per heavy atom. The van der Waals surface area contributed by atoms with Crippen LogP contribution in [0.3, 0.4) is 0 Å². The van der Waals surface area contributed by atoms with E-state index in [0.29, 0.717) is 34.3 Å². The summed E-state index contributed by atoms with van der Waals surface area (Å²) >= 11 is 0. The normalized spacial score (nSPS) is 10.4. The van der Waals surface area contributed by atoms with Crippen LogP contribution in [0.5, 0.6) is 11.5 Å². The van der Waals surface area contributed by atoms with Crippen LogP contribution >= 0.6 is 0 Å². The molecule has 0 bridgehead atoms. The van der Waals surface area contributed by atoms with Gasteiger partial charge in [-0.1, -0.05) is 29.8 Å². The van der Waals surface area contributed by atoms with Gasteiger partial charge >= 0.3 is 0 Å². The predicted molar refractivity (Wildman–Crippen MR) is 104 cm³/mol. The van der Waals surface area contributed by atoms with E-state index < -0.39 is 0 Å². The highest BCUT2D eigenvalue weighted by Gasteiger charge is 2.14. The average molecular weight is 363 g/mol. The number of rotatable bonds is 5. The molecule has 1 heterocycles. The fourth-order valence-electron chi connectivity index (χ4n) is 2.61. The monoisotopic (exact) mass is 363 g/mol. The van der Waals surface area contributed by atoms with Gasteiger partial charge in [0.2, 0.25) is 0 Å². The van der Waals surface area contributed by atoms with Crippen LogP contribution in [0, 0.1) is 13.8 Å². The molecule has 0 saturated heterocycles. The van der Waals surface area contributed by atoms with Gasteiger partial charge in [0.15, 0.2) is 5.82 Å². The number of aryl methyl sites for hydroxylation is 2. The number of nitrogens with one attached hydrogen (secondary N) is 1. The smallest absolute Gasteiger partial charge is 0.259 e. The summed E-state index contributed by atoms with van der Waals surface area (Å²) in [6.07, 6.45) is 1.55. The second-order valence-electron chi connectivity index (χ2n) is 6.11. The number of ether oxygens (including phenoxy) is 2. The molecule has 27 heavy (non-hydrogen) atoms. The molecule has 1 amide bonds. The lowest BCUT2D eigenvalue weighted by molar-refractivity contribution is 0.102. The molecule has 1 aromatic heterocycles. The van der Waals surface area contributed by atoms with Crippen molar-refractivity contribution < 1.29 is 14.3 Å². The van der Waals surface area contributed by atoms with Crippen LogP contribution in [0.15, 0.2) is 48.7 Å². The minimum Gasteiger partial charge on any atom is -0.497 e. The molecule has 6 heteroatoms. The van der Waals surface area contributed by atoms with Crippen LogP contribution in [-0.4, -0.2) is 30.1 Å². The summed E-state index contributed by atoms with van der Waals surface area (Å²) in [7, 11) is 3.12. The molecule has 0 aliphatic heterocycles. The molecular formula is C21H21N3O3. The van der Waals surface area contributed by atoms with Crippen LogP contribution in [0.2, 0.25) is 0 Å². The second kappa shape index (κ2) is 7.86. The first-order valence-corrected chi connectivity index (χ1v) is 8.45. The maximum atomic E-state index is 12.7. The van der Waals surface area contributed by atoms with Gasteiger partial charge < -0.3 is 14.8 Å². The second-order valence-corrected chi connectivity index (χ2v) is 6.11. The Kier molecular flexibility index (Phi) is 5.35. The Morgan fingerprint density at radius 3 is 2.15 bits per heavy atom. The number of benzene rings is 2. The number of carbonyl (C=O) groups is 1. The number of anilines is 1. The zero-order chi connectivity index (χ0) is 19.4.